The summed E-state index contributed by atoms with van der Waals surface area (Å²) >= 11 is 1.28. The third kappa shape index (κ3) is 5.87. The molecule has 4 rings (SSSR count). The summed E-state index contributed by atoms with van der Waals surface area (Å²) < 4.78 is 1.79. The van der Waals surface area contributed by atoms with E-state index in [2.05, 4.69) is 20.2 Å². The zero-order valence-corrected chi connectivity index (χ0v) is 21.1. The SMILES string of the molecule is CCCNC(=O)C1CCCN(c2nc3ncn(CC(=O)N(CC)Cc4ccccc4)c(=O)c3s2)C1. The lowest BCUT2D eigenvalue weighted by Gasteiger charge is -2.31. The van der Waals surface area contributed by atoms with Crippen molar-refractivity contribution in [3.8, 4) is 0 Å². The summed E-state index contributed by atoms with van der Waals surface area (Å²) in [7, 11) is 0. The molecule has 1 aromatic carbocycles. The van der Waals surface area contributed by atoms with Gasteiger partial charge in [0.15, 0.2) is 10.8 Å². The molecule has 10 heteroatoms. The molecule has 1 aliphatic heterocycles. The van der Waals surface area contributed by atoms with Crippen molar-refractivity contribution in [2.45, 2.75) is 46.2 Å². The number of aromatic nitrogens is 3. The second kappa shape index (κ2) is 11.4. The topological polar surface area (TPSA) is 100 Å². The van der Waals surface area contributed by atoms with E-state index in [9.17, 15) is 14.4 Å². The molecule has 1 unspecified atom stereocenters. The molecule has 3 aromatic rings. The highest BCUT2D eigenvalue weighted by atomic mass is 32.1. The zero-order valence-electron chi connectivity index (χ0n) is 20.3. The number of benzene rings is 1. The molecule has 1 atom stereocenters. The molecule has 0 aliphatic carbocycles. The van der Waals surface area contributed by atoms with E-state index in [1.54, 1.807) is 4.90 Å². The van der Waals surface area contributed by atoms with Crippen molar-refractivity contribution in [1.29, 1.82) is 0 Å². The van der Waals surface area contributed by atoms with Crippen LogP contribution in [0.25, 0.3) is 10.3 Å². The first-order valence-corrected chi connectivity index (χ1v) is 13.0. The van der Waals surface area contributed by atoms with Gasteiger partial charge in [0.1, 0.15) is 17.6 Å². The Bertz CT molecular complexity index is 1220. The summed E-state index contributed by atoms with van der Waals surface area (Å²) in [6.45, 7) is 6.97. The third-order valence-electron chi connectivity index (χ3n) is 6.24. The Morgan fingerprint density at radius 2 is 2.03 bits per heavy atom. The van der Waals surface area contributed by atoms with Gasteiger partial charge in [-0.25, -0.2) is 4.98 Å². The number of amides is 2. The Hall–Kier alpha value is -3.27. The lowest BCUT2D eigenvalue weighted by Crippen LogP contribution is -2.43. The minimum Gasteiger partial charge on any atom is -0.356 e. The molecule has 1 aliphatic rings. The van der Waals surface area contributed by atoms with Crippen molar-refractivity contribution < 1.29 is 9.59 Å². The summed E-state index contributed by atoms with van der Waals surface area (Å²) in [5.74, 6) is -0.150. The number of nitrogens with zero attached hydrogens (tertiary/aromatic N) is 5. The second-order valence-electron chi connectivity index (χ2n) is 8.80. The molecule has 3 heterocycles. The Morgan fingerprint density at radius 3 is 2.77 bits per heavy atom. The van der Waals surface area contributed by atoms with Crippen LogP contribution < -0.4 is 15.8 Å². The first kappa shape index (κ1) is 24.8. The molecule has 1 saturated heterocycles. The second-order valence-corrected chi connectivity index (χ2v) is 9.77. The van der Waals surface area contributed by atoms with Gasteiger partial charge in [-0.05, 0) is 31.7 Å². The van der Waals surface area contributed by atoms with Gasteiger partial charge in [0, 0.05) is 32.7 Å². The molecule has 2 amide bonds. The van der Waals surface area contributed by atoms with E-state index >= 15 is 0 Å². The molecule has 1 fully saturated rings. The van der Waals surface area contributed by atoms with Crippen molar-refractivity contribution in [2.24, 2.45) is 5.92 Å². The number of rotatable bonds is 9. The number of nitrogens with one attached hydrogen (secondary N) is 1. The first-order valence-electron chi connectivity index (χ1n) is 12.2. The summed E-state index contributed by atoms with van der Waals surface area (Å²) in [6.07, 6.45) is 4.05. The zero-order chi connectivity index (χ0) is 24.8. The van der Waals surface area contributed by atoms with Crippen molar-refractivity contribution >= 4 is 38.6 Å². The molecule has 9 nitrogen and oxygen atoms in total. The summed E-state index contributed by atoms with van der Waals surface area (Å²) in [4.78, 5) is 51.3. The Balaban J connectivity index is 1.48. The molecule has 35 heavy (non-hydrogen) atoms. The molecule has 0 spiro atoms. The molecule has 0 radical (unpaired) electrons. The van der Waals surface area contributed by atoms with Crippen LogP contribution in [0.3, 0.4) is 0 Å². The van der Waals surface area contributed by atoms with Gasteiger partial charge in [-0.2, -0.15) is 4.98 Å². The average Bonchev–Trinajstić information content (AvgIpc) is 3.33. The predicted molar refractivity (Wildman–Crippen MR) is 137 cm³/mol. The standard InChI is InChI=1S/C25H32N6O3S/c1-3-12-26-23(33)19-11-8-13-30(15-19)25-28-22-21(35-25)24(34)31(17-27-22)16-20(32)29(4-2)14-18-9-6-5-7-10-18/h5-7,9-10,17,19H,3-4,8,11-16H2,1-2H3,(H,26,33). The number of carbonyl (C=O) groups is 2. The van der Waals surface area contributed by atoms with Crippen LogP contribution in [0.2, 0.25) is 0 Å². The fourth-order valence-corrected chi connectivity index (χ4v) is 5.27. The maximum atomic E-state index is 13.2. The van der Waals surface area contributed by atoms with E-state index in [-0.39, 0.29) is 29.8 Å². The molecular weight excluding hydrogens is 464 g/mol. The highest BCUT2D eigenvalue weighted by molar-refractivity contribution is 7.22. The average molecular weight is 497 g/mol. The normalized spacial score (nSPS) is 15.8. The monoisotopic (exact) mass is 496 g/mol. The maximum Gasteiger partial charge on any atom is 0.273 e. The molecule has 186 valence electrons. The molecule has 2 aromatic heterocycles. The lowest BCUT2D eigenvalue weighted by atomic mass is 9.97. The fourth-order valence-electron chi connectivity index (χ4n) is 4.27. The lowest BCUT2D eigenvalue weighted by molar-refractivity contribution is -0.132. The molecular formula is C25H32N6O3S. The largest absolute Gasteiger partial charge is 0.356 e. The van der Waals surface area contributed by atoms with Gasteiger partial charge in [0.2, 0.25) is 11.8 Å². The van der Waals surface area contributed by atoms with Crippen LogP contribution in [-0.4, -0.2) is 57.4 Å². The van der Waals surface area contributed by atoms with Crippen molar-refractivity contribution in [1.82, 2.24) is 24.8 Å². The Kier molecular flexibility index (Phi) is 8.12. The number of hydrogen-bond acceptors (Lipinski definition) is 7. The smallest absolute Gasteiger partial charge is 0.273 e. The first-order chi connectivity index (χ1) is 17.0. The van der Waals surface area contributed by atoms with Crippen LogP contribution in [0.1, 0.15) is 38.7 Å². The van der Waals surface area contributed by atoms with Gasteiger partial charge in [0.05, 0.1) is 5.92 Å². The van der Waals surface area contributed by atoms with Crippen molar-refractivity contribution in [3.05, 3.63) is 52.6 Å². The Morgan fingerprint density at radius 1 is 1.23 bits per heavy atom. The van der Waals surface area contributed by atoms with Gasteiger partial charge in [-0.15, -0.1) is 0 Å². The van der Waals surface area contributed by atoms with E-state index < -0.39 is 0 Å². The van der Waals surface area contributed by atoms with Crippen molar-refractivity contribution in [2.75, 3.05) is 31.1 Å². The number of carbonyl (C=O) groups excluding carboxylic acids is 2. The van der Waals surface area contributed by atoms with E-state index in [1.807, 2.05) is 44.2 Å². The number of anilines is 1. The van der Waals surface area contributed by atoms with E-state index in [4.69, 9.17) is 0 Å². The maximum absolute atomic E-state index is 13.2. The van der Waals surface area contributed by atoms with Crippen LogP contribution in [0, 0.1) is 5.92 Å². The number of fused-ring (bicyclic) bond motifs is 1. The highest BCUT2D eigenvalue weighted by Crippen LogP contribution is 2.29. The molecule has 0 bridgehead atoms. The Labute approximate surface area is 208 Å². The highest BCUT2D eigenvalue weighted by Gasteiger charge is 2.28. The quantitative estimate of drug-likeness (QED) is 0.489. The number of likely N-dealkylation sites (N-methyl/N-ethyl adjacent to an activating group) is 1. The van der Waals surface area contributed by atoms with Crippen LogP contribution in [0.5, 0.6) is 0 Å². The minimum absolute atomic E-state index is 0.0704. The van der Waals surface area contributed by atoms with Crippen LogP contribution in [0.4, 0.5) is 5.13 Å². The van der Waals surface area contributed by atoms with Gasteiger partial charge in [-0.3, -0.25) is 19.0 Å². The summed E-state index contributed by atoms with van der Waals surface area (Å²) in [5, 5.41) is 3.68. The number of thiazole rings is 1. The van der Waals surface area contributed by atoms with Gasteiger partial charge < -0.3 is 15.1 Å². The predicted octanol–water partition coefficient (Wildman–Crippen LogP) is 2.64. The molecule has 0 saturated carbocycles. The van der Waals surface area contributed by atoms with Crippen LogP contribution in [0.15, 0.2) is 41.5 Å². The van der Waals surface area contributed by atoms with E-state index in [0.29, 0.717) is 41.7 Å². The van der Waals surface area contributed by atoms with Crippen LogP contribution >= 0.6 is 11.3 Å². The number of piperidine rings is 1. The van der Waals surface area contributed by atoms with Gasteiger partial charge in [-0.1, -0.05) is 48.6 Å². The molecule has 1 N–H and O–H groups in total. The minimum atomic E-state index is -0.267. The third-order valence-corrected chi connectivity index (χ3v) is 7.33. The van der Waals surface area contributed by atoms with Gasteiger partial charge in [0.25, 0.3) is 5.56 Å². The van der Waals surface area contributed by atoms with E-state index in [1.165, 1.54) is 22.2 Å². The van der Waals surface area contributed by atoms with Crippen LogP contribution in [-0.2, 0) is 22.7 Å². The van der Waals surface area contributed by atoms with Crippen molar-refractivity contribution in [3.63, 3.8) is 0 Å². The number of hydrogen-bond donors (Lipinski definition) is 1. The van der Waals surface area contributed by atoms with E-state index in [0.717, 1.165) is 31.4 Å². The summed E-state index contributed by atoms with van der Waals surface area (Å²) in [6, 6.07) is 9.79. The summed E-state index contributed by atoms with van der Waals surface area (Å²) in [5.41, 5.74) is 1.16. The fraction of sp³-hybridized carbons (Fsp3) is 0.480. The van der Waals surface area contributed by atoms with Gasteiger partial charge >= 0.3 is 0 Å².